The zero-order valence-electron chi connectivity index (χ0n) is 5.95. The third-order valence-corrected chi connectivity index (χ3v) is 3.67. The van der Waals surface area contributed by atoms with Crippen molar-refractivity contribution in [2.45, 2.75) is 19.4 Å². The van der Waals surface area contributed by atoms with Gasteiger partial charge in [-0.25, -0.2) is 8.42 Å². The van der Waals surface area contributed by atoms with Gasteiger partial charge >= 0.3 is 0 Å². The highest BCUT2D eigenvalue weighted by atomic mass is 32.2. The average molecular weight is 164 g/mol. The van der Waals surface area contributed by atoms with Crippen molar-refractivity contribution < 1.29 is 13.5 Å². The second-order valence-electron chi connectivity index (χ2n) is 2.95. The van der Waals surface area contributed by atoms with E-state index in [0.29, 0.717) is 6.42 Å². The van der Waals surface area contributed by atoms with Crippen molar-refractivity contribution in [2.75, 3.05) is 11.5 Å². The monoisotopic (exact) mass is 164 g/mol. The van der Waals surface area contributed by atoms with Crippen LogP contribution in [0.25, 0.3) is 0 Å². The fourth-order valence-corrected chi connectivity index (χ4v) is 2.81. The number of rotatable bonds is 0. The Morgan fingerprint density at radius 1 is 1.50 bits per heavy atom. The molecule has 0 radical (unpaired) electrons. The standard InChI is InChI=1S/C6H12O3S/c1-5-2-3-10(8,9)4-6(5)7/h5-7H,2-4H2,1H3. The number of aliphatic hydroxyl groups excluding tert-OH is 1. The molecule has 1 rings (SSSR count). The van der Waals surface area contributed by atoms with Crippen LogP contribution in [0.2, 0.25) is 0 Å². The first-order chi connectivity index (χ1) is 4.51. The first kappa shape index (κ1) is 8.01. The Bertz CT molecular complexity index is 207. The van der Waals surface area contributed by atoms with E-state index in [4.69, 9.17) is 5.11 Å². The van der Waals surface area contributed by atoms with Gasteiger partial charge in [-0.2, -0.15) is 0 Å². The van der Waals surface area contributed by atoms with Crippen LogP contribution in [0.1, 0.15) is 13.3 Å². The lowest BCUT2D eigenvalue weighted by Gasteiger charge is -2.23. The molecule has 0 aromatic rings. The van der Waals surface area contributed by atoms with E-state index < -0.39 is 15.9 Å². The molecule has 0 amide bonds. The van der Waals surface area contributed by atoms with E-state index in [-0.39, 0.29) is 17.4 Å². The van der Waals surface area contributed by atoms with Gasteiger partial charge in [0.15, 0.2) is 9.84 Å². The van der Waals surface area contributed by atoms with Crippen LogP contribution in [0, 0.1) is 5.92 Å². The summed E-state index contributed by atoms with van der Waals surface area (Å²) in [6.45, 7) is 1.87. The fourth-order valence-electron chi connectivity index (χ4n) is 1.07. The lowest BCUT2D eigenvalue weighted by Crippen LogP contribution is -2.35. The molecular weight excluding hydrogens is 152 g/mol. The smallest absolute Gasteiger partial charge is 0.152 e. The molecule has 2 unspecified atom stereocenters. The van der Waals surface area contributed by atoms with Crippen LogP contribution in [0.3, 0.4) is 0 Å². The summed E-state index contributed by atoms with van der Waals surface area (Å²) in [6, 6.07) is 0. The van der Waals surface area contributed by atoms with Crippen LogP contribution in [0.15, 0.2) is 0 Å². The molecule has 0 aromatic carbocycles. The first-order valence-corrected chi connectivity index (χ1v) is 5.22. The molecule has 0 bridgehead atoms. The van der Waals surface area contributed by atoms with Gasteiger partial charge in [-0.1, -0.05) is 6.92 Å². The van der Waals surface area contributed by atoms with Gasteiger partial charge < -0.3 is 5.11 Å². The van der Waals surface area contributed by atoms with Gasteiger partial charge in [0.25, 0.3) is 0 Å². The lowest BCUT2D eigenvalue weighted by molar-refractivity contribution is 0.130. The van der Waals surface area contributed by atoms with E-state index in [2.05, 4.69) is 0 Å². The van der Waals surface area contributed by atoms with Crippen molar-refractivity contribution in [1.82, 2.24) is 0 Å². The van der Waals surface area contributed by atoms with E-state index in [9.17, 15) is 8.42 Å². The van der Waals surface area contributed by atoms with Gasteiger partial charge in [0, 0.05) is 0 Å². The highest BCUT2D eigenvalue weighted by Gasteiger charge is 2.28. The molecular formula is C6H12O3S. The zero-order chi connectivity index (χ0) is 7.78. The van der Waals surface area contributed by atoms with Crippen molar-refractivity contribution in [2.24, 2.45) is 5.92 Å². The van der Waals surface area contributed by atoms with Crippen LogP contribution in [0.5, 0.6) is 0 Å². The molecule has 0 aromatic heterocycles. The van der Waals surface area contributed by atoms with Crippen molar-refractivity contribution in [3.05, 3.63) is 0 Å². The average Bonchev–Trinajstić information content (AvgIpc) is 1.79. The number of aliphatic hydroxyl groups is 1. The van der Waals surface area contributed by atoms with E-state index >= 15 is 0 Å². The Labute approximate surface area is 61.0 Å². The van der Waals surface area contributed by atoms with Crippen LogP contribution in [0.4, 0.5) is 0 Å². The Balaban J connectivity index is 2.66. The van der Waals surface area contributed by atoms with Gasteiger partial charge in [0.2, 0.25) is 0 Å². The normalized spacial score (nSPS) is 39.4. The van der Waals surface area contributed by atoms with Crippen LogP contribution in [-0.2, 0) is 9.84 Å². The minimum Gasteiger partial charge on any atom is -0.392 e. The van der Waals surface area contributed by atoms with Crippen molar-refractivity contribution in [1.29, 1.82) is 0 Å². The van der Waals surface area contributed by atoms with Gasteiger partial charge in [-0.3, -0.25) is 0 Å². The highest BCUT2D eigenvalue weighted by Crippen LogP contribution is 2.17. The maximum atomic E-state index is 10.8. The van der Waals surface area contributed by atoms with E-state index in [1.54, 1.807) is 0 Å². The Hall–Kier alpha value is -0.0900. The highest BCUT2D eigenvalue weighted by molar-refractivity contribution is 7.91. The summed E-state index contributed by atoms with van der Waals surface area (Å²) in [7, 11) is -2.91. The molecule has 3 nitrogen and oxygen atoms in total. The number of hydrogen-bond donors (Lipinski definition) is 1. The van der Waals surface area contributed by atoms with E-state index in [0.717, 1.165) is 0 Å². The lowest BCUT2D eigenvalue weighted by atomic mass is 10.0. The molecule has 0 saturated carbocycles. The Morgan fingerprint density at radius 3 is 2.50 bits per heavy atom. The second kappa shape index (κ2) is 2.51. The molecule has 0 spiro atoms. The Morgan fingerprint density at radius 2 is 2.10 bits per heavy atom. The van der Waals surface area contributed by atoms with Crippen molar-refractivity contribution in [3.8, 4) is 0 Å². The zero-order valence-corrected chi connectivity index (χ0v) is 6.76. The summed E-state index contributed by atoms with van der Waals surface area (Å²) in [5, 5.41) is 9.13. The summed E-state index contributed by atoms with van der Waals surface area (Å²) in [5.74, 6) is 0.336. The number of hydrogen-bond acceptors (Lipinski definition) is 3. The maximum absolute atomic E-state index is 10.8. The van der Waals surface area contributed by atoms with Crippen LogP contribution >= 0.6 is 0 Å². The summed E-state index contributed by atoms with van der Waals surface area (Å²) in [6.07, 6.45) is -0.0394. The molecule has 1 N–H and O–H groups in total. The van der Waals surface area contributed by atoms with Gasteiger partial charge in [-0.15, -0.1) is 0 Å². The molecule has 4 heteroatoms. The quantitative estimate of drug-likeness (QED) is 0.539. The molecule has 0 aliphatic carbocycles. The molecule has 2 atom stereocenters. The van der Waals surface area contributed by atoms with Gasteiger partial charge in [-0.05, 0) is 12.3 Å². The molecule has 1 heterocycles. The first-order valence-electron chi connectivity index (χ1n) is 3.40. The van der Waals surface area contributed by atoms with Gasteiger partial charge in [0.05, 0.1) is 17.6 Å². The number of sulfone groups is 1. The third-order valence-electron chi connectivity index (χ3n) is 1.97. The molecule has 1 saturated heterocycles. The molecule has 1 aliphatic rings. The summed E-state index contributed by atoms with van der Waals surface area (Å²) in [5.41, 5.74) is 0. The van der Waals surface area contributed by atoms with Gasteiger partial charge in [0.1, 0.15) is 0 Å². The summed E-state index contributed by atoms with van der Waals surface area (Å²) < 4.78 is 21.7. The molecule has 1 aliphatic heterocycles. The van der Waals surface area contributed by atoms with Crippen LogP contribution < -0.4 is 0 Å². The minimum absolute atomic E-state index is 0.0475. The molecule has 10 heavy (non-hydrogen) atoms. The predicted octanol–water partition coefficient (Wildman–Crippen LogP) is -0.198. The van der Waals surface area contributed by atoms with E-state index in [1.807, 2.05) is 6.92 Å². The molecule has 60 valence electrons. The SMILES string of the molecule is CC1CCS(=O)(=O)CC1O. The second-order valence-corrected chi connectivity index (χ2v) is 5.18. The molecule has 1 fully saturated rings. The summed E-state index contributed by atoms with van der Waals surface area (Å²) >= 11 is 0. The van der Waals surface area contributed by atoms with Crippen LogP contribution in [-0.4, -0.2) is 31.1 Å². The largest absolute Gasteiger partial charge is 0.392 e. The van der Waals surface area contributed by atoms with Crippen molar-refractivity contribution >= 4 is 9.84 Å². The predicted molar refractivity (Wildman–Crippen MR) is 38.4 cm³/mol. The van der Waals surface area contributed by atoms with E-state index in [1.165, 1.54) is 0 Å². The maximum Gasteiger partial charge on any atom is 0.152 e. The summed E-state index contributed by atoms with van der Waals surface area (Å²) in [4.78, 5) is 0. The topological polar surface area (TPSA) is 54.4 Å². The van der Waals surface area contributed by atoms with Crippen molar-refractivity contribution in [3.63, 3.8) is 0 Å². The third kappa shape index (κ3) is 1.70. The minimum atomic E-state index is -2.91. The Kier molecular flexibility index (Phi) is 2.01. The fraction of sp³-hybridized carbons (Fsp3) is 1.00.